The molecule has 20 heavy (non-hydrogen) atoms. The number of aryl methyl sites for hydroxylation is 2. The van der Waals surface area contributed by atoms with Gasteiger partial charge in [-0.05, 0) is 42.7 Å². The van der Waals surface area contributed by atoms with Crippen molar-refractivity contribution in [2.24, 2.45) is 0 Å². The van der Waals surface area contributed by atoms with Crippen molar-refractivity contribution >= 4 is 16.7 Å². The molecule has 3 heteroatoms. The summed E-state index contributed by atoms with van der Waals surface area (Å²) < 4.78 is 0. The molecule has 0 bridgehead atoms. The molecule has 4 rings (SSSR count). The van der Waals surface area contributed by atoms with Crippen molar-refractivity contribution < 1.29 is 0 Å². The molecule has 0 saturated heterocycles. The third-order valence-corrected chi connectivity index (χ3v) is 4.10. The van der Waals surface area contributed by atoms with Gasteiger partial charge in [-0.3, -0.25) is 0 Å². The summed E-state index contributed by atoms with van der Waals surface area (Å²) in [6, 6.07) is 12.8. The number of H-pyrrole nitrogens is 1. The van der Waals surface area contributed by atoms with E-state index in [0.717, 1.165) is 23.4 Å². The molecule has 3 aromatic rings. The van der Waals surface area contributed by atoms with E-state index in [9.17, 15) is 0 Å². The maximum absolute atomic E-state index is 4.84. The Balaban J connectivity index is 1.86. The molecule has 2 aromatic carbocycles. The Morgan fingerprint density at radius 3 is 2.90 bits per heavy atom. The van der Waals surface area contributed by atoms with E-state index in [0.29, 0.717) is 5.92 Å². The maximum Gasteiger partial charge on any atom is 0.116 e. The predicted octanol–water partition coefficient (Wildman–Crippen LogP) is 3.74. The highest BCUT2D eigenvalue weighted by Crippen LogP contribution is 2.35. The SMILES string of the molecule is Cc1cc(C)c2nc(C3CNc4ccccc43)[nH]c2c1. The van der Waals surface area contributed by atoms with Gasteiger partial charge in [0.25, 0.3) is 0 Å². The number of benzene rings is 2. The normalized spacial score (nSPS) is 17.2. The van der Waals surface area contributed by atoms with Crippen LogP contribution in [-0.2, 0) is 0 Å². The Bertz CT molecular complexity index is 801. The number of nitrogens with zero attached hydrogens (tertiary/aromatic N) is 1. The first-order valence-corrected chi connectivity index (χ1v) is 7.02. The van der Waals surface area contributed by atoms with Gasteiger partial charge in [0.1, 0.15) is 5.82 Å². The van der Waals surface area contributed by atoms with Crippen LogP contribution in [0.25, 0.3) is 11.0 Å². The molecule has 1 atom stereocenters. The maximum atomic E-state index is 4.84. The second kappa shape index (κ2) is 4.10. The van der Waals surface area contributed by atoms with E-state index in [1.807, 2.05) is 0 Å². The van der Waals surface area contributed by atoms with E-state index < -0.39 is 0 Å². The first-order chi connectivity index (χ1) is 9.72. The number of para-hydroxylation sites is 1. The molecule has 1 aliphatic rings. The summed E-state index contributed by atoms with van der Waals surface area (Å²) in [6.45, 7) is 5.16. The van der Waals surface area contributed by atoms with E-state index in [1.165, 1.54) is 22.4 Å². The van der Waals surface area contributed by atoms with E-state index in [-0.39, 0.29) is 0 Å². The standard InChI is InChI=1S/C17H17N3/c1-10-7-11(2)16-15(8-10)19-17(20-16)13-9-18-14-6-4-3-5-12(13)14/h3-8,13,18H,9H2,1-2H3,(H,19,20). The summed E-state index contributed by atoms with van der Waals surface area (Å²) in [5.41, 5.74) is 7.31. The summed E-state index contributed by atoms with van der Waals surface area (Å²) in [6.07, 6.45) is 0. The summed E-state index contributed by atoms with van der Waals surface area (Å²) in [7, 11) is 0. The van der Waals surface area contributed by atoms with Crippen molar-refractivity contribution in [3.8, 4) is 0 Å². The van der Waals surface area contributed by atoms with E-state index in [4.69, 9.17) is 4.98 Å². The largest absolute Gasteiger partial charge is 0.384 e. The molecule has 1 aliphatic heterocycles. The van der Waals surface area contributed by atoms with Gasteiger partial charge in [0, 0.05) is 12.2 Å². The van der Waals surface area contributed by atoms with Gasteiger partial charge in [0.2, 0.25) is 0 Å². The highest BCUT2D eigenvalue weighted by molar-refractivity contribution is 5.80. The zero-order valence-electron chi connectivity index (χ0n) is 11.7. The van der Waals surface area contributed by atoms with Gasteiger partial charge in [-0.25, -0.2) is 4.98 Å². The Morgan fingerprint density at radius 1 is 1.15 bits per heavy atom. The van der Waals surface area contributed by atoms with Crippen molar-refractivity contribution in [3.63, 3.8) is 0 Å². The first-order valence-electron chi connectivity index (χ1n) is 7.02. The number of fused-ring (bicyclic) bond motifs is 2. The number of hydrogen-bond donors (Lipinski definition) is 2. The van der Waals surface area contributed by atoms with Gasteiger partial charge in [-0.1, -0.05) is 24.3 Å². The molecule has 1 aromatic heterocycles. The smallest absolute Gasteiger partial charge is 0.116 e. The molecular formula is C17H17N3. The van der Waals surface area contributed by atoms with Crippen LogP contribution >= 0.6 is 0 Å². The molecule has 1 unspecified atom stereocenters. The minimum Gasteiger partial charge on any atom is -0.384 e. The number of anilines is 1. The van der Waals surface area contributed by atoms with Crippen molar-refractivity contribution in [2.45, 2.75) is 19.8 Å². The molecular weight excluding hydrogens is 246 g/mol. The van der Waals surface area contributed by atoms with Crippen molar-refractivity contribution in [3.05, 3.63) is 58.9 Å². The van der Waals surface area contributed by atoms with Gasteiger partial charge in [-0.15, -0.1) is 0 Å². The van der Waals surface area contributed by atoms with Gasteiger partial charge in [0.15, 0.2) is 0 Å². The average molecular weight is 263 g/mol. The quantitative estimate of drug-likeness (QED) is 0.702. The van der Waals surface area contributed by atoms with Crippen LogP contribution < -0.4 is 5.32 Å². The third kappa shape index (κ3) is 1.63. The van der Waals surface area contributed by atoms with E-state index in [2.05, 4.69) is 60.5 Å². The van der Waals surface area contributed by atoms with Gasteiger partial charge < -0.3 is 10.3 Å². The van der Waals surface area contributed by atoms with Gasteiger partial charge in [-0.2, -0.15) is 0 Å². The van der Waals surface area contributed by atoms with Crippen LogP contribution in [0.2, 0.25) is 0 Å². The van der Waals surface area contributed by atoms with E-state index >= 15 is 0 Å². The highest BCUT2D eigenvalue weighted by atomic mass is 15.0. The lowest BCUT2D eigenvalue weighted by molar-refractivity contribution is 0.836. The molecule has 0 amide bonds. The fourth-order valence-electron chi connectivity index (χ4n) is 3.18. The summed E-state index contributed by atoms with van der Waals surface area (Å²) in [4.78, 5) is 8.35. The zero-order valence-corrected chi connectivity index (χ0v) is 11.7. The van der Waals surface area contributed by atoms with Crippen molar-refractivity contribution in [2.75, 3.05) is 11.9 Å². The van der Waals surface area contributed by atoms with E-state index in [1.54, 1.807) is 0 Å². The summed E-state index contributed by atoms with van der Waals surface area (Å²) in [5.74, 6) is 1.38. The second-order valence-electron chi connectivity index (χ2n) is 5.62. The highest BCUT2D eigenvalue weighted by Gasteiger charge is 2.26. The molecule has 0 aliphatic carbocycles. The van der Waals surface area contributed by atoms with Gasteiger partial charge >= 0.3 is 0 Å². The van der Waals surface area contributed by atoms with Crippen LogP contribution in [-0.4, -0.2) is 16.5 Å². The number of nitrogens with one attached hydrogen (secondary N) is 2. The summed E-state index contributed by atoms with van der Waals surface area (Å²) >= 11 is 0. The lowest BCUT2D eigenvalue weighted by atomic mass is 10.0. The Labute approximate surface area is 118 Å². The van der Waals surface area contributed by atoms with Crippen LogP contribution in [0.1, 0.15) is 28.4 Å². The zero-order chi connectivity index (χ0) is 13.7. The number of imidazole rings is 1. The number of aromatic nitrogens is 2. The van der Waals surface area contributed by atoms with Crippen molar-refractivity contribution in [1.29, 1.82) is 0 Å². The average Bonchev–Trinajstić information content (AvgIpc) is 3.01. The molecule has 0 radical (unpaired) electrons. The lowest BCUT2D eigenvalue weighted by Gasteiger charge is -2.05. The summed E-state index contributed by atoms with van der Waals surface area (Å²) in [5, 5.41) is 3.46. The molecule has 0 fully saturated rings. The number of hydrogen-bond acceptors (Lipinski definition) is 2. The third-order valence-electron chi connectivity index (χ3n) is 4.10. The van der Waals surface area contributed by atoms with Crippen LogP contribution in [0, 0.1) is 13.8 Å². The number of aromatic amines is 1. The van der Waals surface area contributed by atoms with Crippen LogP contribution in [0.4, 0.5) is 5.69 Å². The monoisotopic (exact) mass is 263 g/mol. The second-order valence-corrected chi connectivity index (χ2v) is 5.62. The number of rotatable bonds is 1. The molecule has 2 N–H and O–H groups in total. The Morgan fingerprint density at radius 2 is 2.00 bits per heavy atom. The minimum atomic E-state index is 0.318. The molecule has 0 spiro atoms. The predicted molar refractivity (Wildman–Crippen MR) is 82.3 cm³/mol. The molecule has 0 saturated carbocycles. The fraction of sp³-hybridized carbons (Fsp3) is 0.235. The first kappa shape index (κ1) is 11.5. The van der Waals surface area contributed by atoms with Crippen LogP contribution in [0.15, 0.2) is 36.4 Å². The molecule has 2 heterocycles. The fourth-order valence-corrected chi connectivity index (χ4v) is 3.18. The Kier molecular flexibility index (Phi) is 2.36. The molecule has 3 nitrogen and oxygen atoms in total. The minimum absolute atomic E-state index is 0.318. The van der Waals surface area contributed by atoms with Crippen molar-refractivity contribution in [1.82, 2.24) is 9.97 Å². The van der Waals surface area contributed by atoms with Crippen LogP contribution in [0.3, 0.4) is 0 Å². The lowest BCUT2D eigenvalue weighted by Crippen LogP contribution is -2.05. The molecule has 100 valence electrons. The van der Waals surface area contributed by atoms with Crippen LogP contribution in [0.5, 0.6) is 0 Å². The van der Waals surface area contributed by atoms with Gasteiger partial charge in [0.05, 0.1) is 17.0 Å². The topological polar surface area (TPSA) is 40.7 Å². The Hall–Kier alpha value is -2.29.